The van der Waals surface area contributed by atoms with Crippen LogP contribution in [-0.4, -0.2) is 40.4 Å². The number of carbonyl (C=O) groups excluding carboxylic acids is 1. The van der Waals surface area contributed by atoms with Crippen LogP contribution >= 0.6 is 0 Å². The molecule has 1 aliphatic heterocycles. The molecule has 0 unspecified atom stereocenters. The predicted molar refractivity (Wildman–Crippen MR) is 74.8 cm³/mol. The van der Waals surface area contributed by atoms with Gasteiger partial charge in [-0.25, -0.2) is 14.4 Å². The molecule has 1 amide bonds. The van der Waals surface area contributed by atoms with E-state index in [-0.39, 0.29) is 17.5 Å². The summed E-state index contributed by atoms with van der Waals surface area (Å²) in [5.41, 5.74) is 0.439. The third kappa shape index (κ3) is 3.43. The molecule has 0 aromatic carbocycles. The van der Waals surface area contributed by atoms with Crippen molar-refractivity contribution in [2.75, 3.05) is 25.0 Å². The third-order valence-corrected chi connectivity index (χ3v) is 3.81. The molecule has 0 radical (unpaired) electrons. The van der Waals surface area contributed by atoms with Crippen molar-refractivity contribution >= 4 is 11.7 Å². The van der Waals surface area contributed by atoms with Crippen LogP contribution in [0.5, 0.6) is 0 Å². The van der Waals surface area contributed by atoms with Crippen molar-refractivity contribution < 1.29 is 9.18 Å². The molecule has 1 N–H and O–H groups in total. The molecule has 0 spiro atoms. The van der Waals surface area contributed by atoms with Crippen LogP contribution in [0.1, 0.15) is 32.4 Å². The minimum atomic E-state index is -0.351. The number of nitrogens with one attached hydrogen (secondary N) is 1. The summed E-state index contributed by atoms with van der Waals surface area (Å²) in [5, 5.41) is 3.07. The molecule has 5 nitrogen and oxygen atoms in total. The Balaban J connectivity index is 1.86. The van der Waals surface area contributed by atoms with Crippen LogP contribution in [0.2, 0.25) is 0 Å². The lowest BCUT2D eigenvalue weighted by atomic mass is 9.97. The molecule has 1 fully saturated rings. The lowest BCUT2D eigenvalue weighted by molar-refractivity contribution is -0.130. The molecule has 0 atom stereocenters. The summed E-state index contributed by atoms with van der Waals surface area (Å²) in [7, 11) is 0. The van der Waals surface area contributed by atoms with Crippen LogP contribution < -0.4 is 5.32 Å². The smallest absolute Gasteiger partial charge is 0.219 e. The quantitative estimate of drug-likeness (QED) is 0.914. The van der Waals surface area contributed by atoms with E-state index in [1.807, 2.05) is 11.8 Å². The van der Waals surface area contributed by atoms with Gasteiger partial charge in [-0.15, -0.1) is 0 Å². The Morgan fingerprint density at radius 2 is 2.15 bits per heavy atom. The van der Waals surface area contributed by atoms with Crippen molar-refractivity contribution in [1.29, 1.82) is 0 Å². The monoisotopic (exact) mass is 280 g/mol. The largest absolute Gasteiger partial charge is 0.367 e. The molecule has 1 saturated heterocycles. The van der Waals surface area contributed by atoms with E-state index in [4.69, 9.17) is 0 Å². The van der Waals surface area contributed by atoms with E-state index in [0.717, 1.165) is 25.9 Å². The van der Waals surface area contributed by atoms with E-state index in [9.17, 15) is 9.18 Å². The summed E-state index contributed by atoms with van der Waals surface area (Å²) in [4.78, 5) is 21.0. The molecule has 6 heteroatoms. The molecule has 0 bridgehead atoms. The number of piperidine rings is 1. The molecule has 0 saturated carbocycles. The number of aromatic nitrogens is 2. The van der Waals surface area contributed by atoms with E-state index < -0.39 is 0 Å². The molecular formula is C14H21FN4O. The summed E-state index contributed by atoms with van der Waals surface area (Å²) in [5.74, 6) is 0.512. The fraction of sp³-hybridized carbons (Fsp3) is 0.643. The fourth-order valence-electron chi connectivity index (χ4n) is 2.47. The average molecular weight is 280 g/mol. The molecule has 2 heterocycles. The Morgan fingerprint density at radius 3 is 2.75 bits per heavy atom. The first-order valence-electron chi connectivity index (χ1n) is 7.10. The summed E-state index contributed by atoms with van der Waals surface area (Å²) < 4.78 is 14.0. The van der Waals surface area contributed by atoms with Crippen LogP contribution in [-0.2, 0) is 11.2 Å². The van der Waals surface area contributed by atoms with Gasteiger partial charge >= 0.3 is 0 Å². The molecule has 1 aliphatic rings. The SMILES string of the molecule is CCc1ncnc(NCC2CCN(C(C)=O)CC2)c1F. The summed E-state index contributed by atoms with van der Waals surface area (Å²) in [6, 6.07) is 0. The topological polar surface area (TPSA) is 58.1 Å². The van der Waals surface area contributed by atoms with E-state index in [1.54, 1.807) is 6.92 Å². The predicted octanol–water partition coefficient (Wildman–Crippen LogP) is 1.85. The van der Waals surface area contributed by atoms with E-state index in [2.05, 4.69) is 15.3 Å². The molecule has 2 rings (SSSR count). The van der Waals surface area contributed by atoms with Gasteiger partial charge in [0.15, 0.2) is 11.6 Å². The number of carbonyl (C=O) groups is 1. The number of rotatable bonds is 4. The fourth-order valence-corrected chi connectivity index (χ4v) is 2.47. The molecule has 1 aromatic heterocycles. The van der Waals surface area contributed by atoms with Gasteiger partial charge in [-0.05, 0) is 25.2 Å². The number of amides is 1. The molecule has 110 valence electrons. The van der Waals surface area contributed by atoms with Crippen molar-refractivity contribution in [3.63, 3.8) is 0 Å². The summed E-state index contributed by atoms with van der Waals surface area (Å²) >= 11 is 0. The van der Waals surface area contributed by atoms with Crippen LogP contribution in [0, 0.1) is 11.7 Å². The number of anilines is 1. The lowest BCUT2D eigenvalue weighted by Gasteiger charge is -2.31. The van der Waals surface area contributed by atoms with Crippen molar-refractivity contribution in [1.82, 2.24) is 14.9 Å². The van der Waals surface area contributed by atoms with Crippen molar-refractivity contribution in [3.05, 3.63) is 17.8 Å². The number of likely N-dealkylation sites (tertiary alicyclic amines) is 1. The van der Waals surface area contributed by atoms with Crippen LogP contribution in [0.3, 0.4) is 0 Å². The zero-order valence-electron chi connectivity index (χ0n) is 12.0. The second-order valence-corrected chi connectivity index (χ2v) is 5.17. The zero-order valence-corrected chi connectivity index (χ0v) is 12.0. The van der Waals surface area contributed by atoms with Gasteiger partial charge in [0.05, 0.1) is 5.69 Å². The van der Waals surface area contributed by atoms with E-state index in [1.165, 1.54) is 6.33 Å². The normalized spacial score (nSPS) is 16.2. The Labute approximate surface area is 118 Å². The number of aryl methyl sites for hydroxylation is 1. The molecular weight excluding hydrogens is 259 g/mol. The Kier molecular flexibility index (Phi) is 4.87. The molecule has 0 aliphatic carbocycles. The van der Waals surface area contributed by atoms with Gasteiger partial charge in [0.1, 0.15) is 6.33 Å². The summed E-state index contributed by atoms with van der Waals surface area (Å²) in [6.07, 6.45) is 3.84. The average Bonchev–Trinajstić information content (AvgIpc) is 2.46. The van der Waals surface area contributed by atoms with Gasteiger partial charge in [-0.3, -0.25) is 4.79 Å². The van der Waals surface area contributed by atoms with Gasteiger partial charge in [0.2, 0.25) is 5.91 Å². The van der Waals surface area contributed by atoms with Gasteiger partial charge in [-0.2, -0.15) is 0 Å². The minimum Gasteiger partial charge on any atom is -0.367 e. The maximum Gasteiger partial charge on any atom is 0.219 e. The number of nitrogens with zero attached hydrogens (tertiary/aromatic N) is 3. The lowest BCUT2D eigenvalue weighted by Crippen LogP contribution is -2.38. The maximum atomic E-state index is 14.0. The van der Waals surface area contributed by atoms with Gasteiger partial charge in [0, 0.05) is 26.6 Å². The van der Waals surface area contributed by atoms with Crippen LogP contribution in [0.4, 0.5) is 10.2 Å². The highest BCUT2D eigenvalue weighted by atomic mass is 19.1. The second-order valence-electron chi connectivity index (χ2n) is 5.17. The third-order valence-electron chi connectivity index (χ3n) is 3.81. The Hall–Kier alpha value is -1.72. The van der Waals surface area contributed by atoms with Gasteiger partial charge < -0.3 is 10.2 Å². The standard InChI is InChI=1S/C14H21FN4O/c1-3-12-13(15)14(18-9-17-12)16-8-11-4-6-19(7-5-11)10(2)20/h9,11H,3-8H2,1-2H3,(H,16,17,18). The van der Waals surface area contributed by atoms with E-state index >= 15 is 0 Å². The number of hydrogen-bond donors (Lipinski definition) is 1. The maximum absolute atomic E-state index is 14.0. The molecule has 1 aromatic rings. The van der Waals surface area contributed by atoms with Crippen LogP contribution in [0.15, 0.2) is 6.33 Å². The van der Waals surface area contributed by atoms with Gasteiger partial charge in [0.25, 0.3) is 0 Å². The second kappa shape index (κ2) is 6.63. The highest BCUT2D eigenvalue weighted by Gasteiger charge is 2.21. The Bertz CT molecular complexity index is 472. The van der Waals surface area contributed by atoms with Crippen molar-refractivity contribution in [2.45, 2.75) is 33.1 Å². The first kappa shape index (κ1) is 14.7. The summed E-state index contributed by atoms with van der Waals surface area (Å²) in [6.45, 7) is 5.72. The Morgan fingerprint density at radius 1 is 1.45 bits per heavy atom. The first-order chi connectivity index (χ1) is 9.61. The highest BCUT2D eigenvalue weighted by Crippen LogP contribution is 2.19. The minimum absolute atomic E-state index is 0.130. The van der Waals surface area contributed by atoms with Crippen molar-refractivity contribution in [3.8, 4) is 0 Å². The first-order valence-corrected chi connectivity index (χ1v) is 7.10. The van der Waals surface area contributed by atoms with Crippen molar-refractivity contribution in [2.24, 2.45) is 5.92 Å². The highest BCUT2D eigenvalue weighted by molar-refractivity contribution is 5.73. The number of halogens is 1. The zero-order chi connectivity index (χ0) is 14.5. The number of hydrogen-bond acceptors (Lipinski definition) is 4. The van der Waals surface area contributed by atoms with Crippen LogP contribution in [0.25, 0.3) is 0 Å². The molecule has 20 heavy (non-hydrogen) atoms. The van der Waals surface area contributed by atoms with Gasteiger partial charge in [-0.1, -0.05) is 6.92 Å². The van der Waals surface area contributed by atoms with E-state index in [0.29, 0.717) is 24.6 Å².